The van der Waals surface area contributed by atoms with Gasteiger partial charge < -0.3 is 16.2 Å². The van der Waals surface area contributed by atoms with E-state index in [2.05, 4.69) is 6.07 Å². The molecule has 1 fully saturated rings. The Labute approximate surface area is 132 Å². The van der Waals surface area contributed by atoms with Gasteiger partial charge in [-0.15, -0.1) is 11.3 Å². The Hall–Kier alpha value is -1.91. The number of thiophene rings is 1. The van der Waals surface area contributed by atoms with Crippen LogP contribution >= 0.6 is 11.3 Å². The highest BCUT2D eigenvalue weighted by molar-refractivity contribution is 7.18. The van der Waals surface area contributed by atoms with E-state index in [-0.39, 0.29) is 23.0 Å². The maximum Gasteiger partial charge on any atom is 0.251 e. The first-order valence-electron chi connectivity index (χ1n) is 7.23. The van der Waals surface area contributed by atoms with Crippen LogP contribution in [0.4, 0.5) is 5.00 Å². The number of fused-ring (bicyclic) bond motifs is 1. The lowest BCUT2D eigenvalue weighted by molar-refractivity contribution is 0.0464. The third kappa shape index (κ3) is 2.38. The second-order valence-corrected chi connectivity index (χ2v) is 7.05. The summed E-state index contributed by atoms with van der Waals surface area (Å²) in [5.41, 5.74) is 10.8. The summed E-state index contributed by atoms with van der Waals surface area (Å²) >= 11 is 1.04. The largest absolute Gasteiger partial charge is 0.390 e. The zero-order chi connectivity index (χ0) is 15.9. The highest BCUT2D eigenvalue weighted by atomic mass is 32.1. The van der Waals surface area contributed by atoms with Gasteiger partial charge in [0, 0.05) is 6.61 Å². The van der Waals surface area contributed by atoms with Gasteiger partial charge in [0.15, 0.2) is 5.78 Å². The normalized spacial score (nSPS) is 23.9. The van der Waals surface area contributed by atoms with Crippen LogP contribution in [-0.4, -0.2) is 24.9 Å². The number of primary amides is 1. The van der Waals surface area contributed by atoms with Crippen LogP contribution in [0.25, 0.3) is 0 Å². The van der Waals surface area contributed by atoms with Crippen molar-refractivity contribution in [1.82, 2.24) is 0 Å². The fourth-order valence-electron chi connectivity index (χ4n) is 2.81. The van der Waals surface area contributed by atoms with E-state index in [1.54, 1.807) is 0 Å². The summed E-state index contributed by atoms with van der Waals surface area (Å²) in [5.74, 6) is -0.350. The summed E-state index contributed by atoms with van der Waals surface area (Å²) in [5, 5.41) is 9.78. The van der Waals surface area contributed by atoms with Crippen LogP contribution < -0.4 is 11.5 Å². The number of Topliss-reactive ketones (excluding diaryl/α,β-unsaturated/α-hetero) is 1. The molecule has 6 nitrogen and oxygen atoms in total. The van der Waals surface area contributed by atoms with Crippen molar-refractivity contribution >= 4 is 28.0 Å². The molecular formula is C15H17N3O3S. The SMILES string of the molecule is N#CC1(COCC2CC2)CCc2c(sc(N)c2C(N)=O)C1=O. The standard InChI is InChI=1S/C15H17N3O3S/c16-6-15(7-21-5-8-1-2-8)4-3-9-10(13(17)20)14(18)22-11(9)12(15)19/h8H,1-5,7,18H2,(H2,17,20). The molecule has 1 unspecified atom stereocenters. The number of amides is 1. The Morgan fingerprint density at radius 2 is 2.23 bits per heavy atom. The molecule has 1 heterocycles. The molecule has 1 atom stereocenters. The van der Waals surface area contributed by atoms with E-state index < -0.39 is 11.3 Å². The lowest BCUT2D eigenvalue weighted by atomic mass is 9.74. The zero-order valence-electron chi connectivity index (χ0n) is 12.1. The number of anilines is 1. The minimum Gasteiger partial charge on any atom is -0.390 e. The summed E-state index contributed by atoms with van der Waals surface area (Å²) in [7, 11) is 0. The zero-order valence-corrected chi connectivity index (χ0v) is 12.9. The van der Waals surface area contributed by atoms with Crippen LogP contribution in [0.2, 0.25) is 0 Å². The van der Waals surface area contributed by atoms with E-state index >= 15 is 0 Å². The topological polar surface area (TPSA) is 119 Å². The molecule has 0 bridgehead atoms. The van der Waals surface area contributed by atoms with Gasteiger partial charge in [-0.1, -0.05) is 0 Å². The molecular weight excluding hydrogens is 302 g/mol. The number of nitrogens with zero attached hydrogens (tertiary/aromatic N) is 1. The van der Waals surface area contributed by atoms with E-state index in [0.717, 1.165) is 24.2 Å². The van der Waals surface area contributed by atoms with Crippen LogP contribution in [-0.2, 0) is 11.2 Å². The number of hydrogen-bond donors (Lipinski definition) is 2. The van der Waals surface area contributed by atoms with Crippen molar-refractivity contribution in [3.05, 3.63) is 16.0 Å². The van der Waals surface area contributed by atoms with Gasteiger partial charge >= 0.3 is 0 Å². The minimum atomic E-state index is -1.17. The Kier molecular flexibility index (Phi) is 3.67. The third-order valence-electron chi connectivity index (χ3n) is 4.34. The van der Waals surface area contributed by atoms with Gasteiger partial charge in [-0.25, -0.2) is 0 Å². The van der Waals surface area contributed by atoms with Crippen molar-refractivity contribution in [2.45, 2.75) is 25.7 Å². The molecule has 1 aromatic heterocycles. The van der Waals surface area contributed by atoms with Gasteiger partial charge in [0.25, 0.3) is 5.91 Å². The number of nitrogens with two attached hydrogens (primary N) is 2. The van der Waals surface area contributed by atoms with Crippen LogP contribution in [0.5, 0.6) is 0 Å². The second kappa shape index (κ2) is 5.38. The molecule has 2 aliphatic rings. The van der Waals surface area contributed by atoms with Gasteiger partial charge in [-0.05, 0) is 37.2 Å². The van der Waals surface area contributed by atoms with E-state index in [4.69, 9.17) is 16.2 Å². The summed E-state index contributed by atoms with van der Waals surface area (Å²) in [6, 6.07) is 2.14. The van der Waals surface area contributed by atoms with Crippen LogP contribution in [0, 0.1) is 22.7 Å². The molecule has 1 amide bonds. The molecule has 3 rings (SSSR count). The van der Waals surface area contributed by atoms with Gasteiger partial charge in [-0.3, -0.25) is 9.59 Å². The molecule has 0 spiro atoms. The summed E-state index contributed by atoms with van der Waals surface area (Å²) in [6.07, 6.45) is 3.08. The van der Waals surface area contributed by atoms with Crippen molar-refractivity contribution in [1.29, 1.82) is 5.26 Å². The lowest BCUT2D eigenvalue weighted by Gasteiger charge is -2.29. The molecule has 0 aromatic carbocycles. The fraction of sp³-hybridized carbons (Fsp3) is 0.533. The molecule has 0 radical (unpaired) electrons. The minimum absolute atomic E-state index is 0.0992. The Morgan fingerprint density at radius 3 is 2.82 bits per heavy atom. The molecule has 7 heteroatoms. The van der Waals surface area contributed by atoms with Crippen molar-refractivity contribution in [3.8, 4) is 6.07 Å². The van der Waals surface area contributed by atoms with Crippen LogP contribution in [0.15, 0.2) is 0 Å². The molecule has 1 saturated carbocycles. The smallest absolute Gasteiger partial charge is 0.251 e. The number of nitrogen functional groups attached to an aromatic ring is 1. The molecule has 0 aliphatic heterocycles. The predicted molar refractivity (Wildman–Crippen MR) is 81.5 cm³/mol. The van der Waals surface area contributed by atoms with Gasteiger partial charge in [0.2, 0.25) is 0 Å². The Bertz CT molecular complexity index is 687. The van der Waals surface area contributed by atoms with Gasteiger partial charge in [0.05, 0.1) is 28.1 Å². The number of carbonyl (C=O) groups is 2. The molecule has 116 valence electrons. The van der Waals surface area contributed by atoms with Gasteiger partial charge in [-0.2, -0.15) is 5.26 Å². The Morgan fingerprint density at radius 1 is 1.50 bits per heavy atom. The first kappa shape index (κ1) is 15.0. The number of ketones is 1. The second-order valence-electron chi connectivity index (χ2n) is 5.99. The number of nitriles is 1. The van der Waals surface area contributed by atoms with E-state index in [1.165, 1.54) is 0 Å². The predicted octanol–water partition coefficient (Wildman–Crippen LogP) is 1.49. The van der Waals surface area contributed by atoms with Crippen molar-refractivity contribution < 1.29 is 14.3 Å². The van der Waals surface area contributed by atoms with Crippen LogP contribution in [0.1, 0.15) is 44.9 Å². The molecule has 22 heavy (non-hydrogen) atoms. The van der Waals surface area contributed by atoms with Gasteiger partial charge in [0.1, 0.15) is 5.41 Å². The summed E-state index contributed by atoms with van der Waals surface area (Å²) in [4.78, 5) is 24.6. The lowest BCUT2D eigenvalue weighted by Crippen LogP contribution is -2.39. The highest BCUT2D eigenvalue weighted by Gasteiger charge is 2.46. The highest BCUT2D eigenvalue weighted by Crippen LogP contribution is 2.43. The number of hydrogen-bond acceptors (Lipinski definition) is 6. The van der Waals surface area contributed by atoms with Crippen molar-refractivity contribution in [3.63, 3.8) is 0 Å². The van der Waals surface area contributed by atoms with E-state index in [1.807, 2.05) is 0 Å². The number of ether oxygens (including phenoxy) is 1. The Balaban J connectivity index is 1.87. The van der Waals surface area contributed by atoms with Crippen molar-refractivity contribution in [2.24, 2.45) is 17.1 Å². The molecule has 1 aromatic rings. The molecule has 0 saturated heterocycles. The number of carbonyl (C=O) groups excluding carboxylic acids is 2. The van der Waals surface area contributed by atoms with E-state index in [9.17, 15) is 14.9 Å². The average molecular weight is 319 g/mol. The monoisotopic (exact) mass is 319 g/mol. The summed E-state index contributed by atoms with van der Waals surface area (Å²) in [6.45, 7) is 0.699. The maximum absolute atomic E-state index is 12.7. The number of rotatable bonds is 5. The first-order chi connectivity index (χ1) is 10.5. The van der Waals surface area contributed by atoms with Crippen molar-refractivity contribution in [2.75, 3.05) is 18.9 Å². The maximum atomic E-state index is 12.7. The average Bonchev–Trinajstić information content (AvgIpc) is 3.23. The fourth-order valence-corrected chi connectivity index (χ4v) is 3.97. The third-order valence-corrected chi connectivity index (χ3v) is 5.40. The van der Waals surface area contributed by atoms with E-state index in [0.29, 0.717) is 35.8 Å². The first-order valence-corrected chi connectivity index (χ1v) is 8.05. The molecule has 4 N–H and O–H groups in total. The molecule has 2 aliphatic carbocycles. The summed E-state index contributed by atoms with van der Waals surface area (Å²) < 4.78 is 5.60. The van der Waals surface area contributed by atoms with Crippen LogP contribution in [0.3, 0.4) is 0 Å². The quantitative estimate of drug-likeness (QED) is 0.852.